The quantitative estimate of drug-likeness (QED) is 0.304. The molecule has 5 nitrogen and oxygen atoms in total. The van der Waals surface area contributed by atoms with Crippen LogP contribution in [0.5, 0.6) is 0 Å². The molecule has 0 saturated heterocycles. The van der Waals surface area contributed by atoms with Crippen LogP contribution in [-0.2, 0) is 31.5 Å². The van der Waals surface area contributed by atoms with Gasteiger partial charge in [0, 0.05) is 16.9 Å². The van der Waals surface area contributed by atoms with E-state index in [1.807, 2.05) is 0 Å². The summed E-state index contributed by atoms with van der Waals surface area (Å²) in [5.41, 5.74) is -5.21. The fourth-order valence-corrected chi connectivity index (χ4v) is 2.92. The molecule has 0 aliphatic heterocycles. The van der Waals surface area contributed by atoms with E-state index in [1.54, 1.807) is 4.72 Å². The first-order valence-electron chi connectivity index (χ1n) is 7.77. The van der Waals surface area contributed by atoms with Crippen molar-refractivity contribution in [2.24, 2.45) is 0 Å². The minimum absolute atomic E-state index is 0.329. The molecular formula is C16H20F5NO4S. The Kier molecular flexibility index (Phi) is 7.62. The maximum Gasteiger partial charge on any atom is 0.413 e. The van der Waals surface area contributed by atoms with Gasteiger partial charge in [-0.25, -0.2) is 18.0 Å². The number of carbonyl (C=O) groups excluding carboxylic acids is 1. The zero-order chi connectivity index (χ0) is 21.0. The van der Waals surface area contributed by atoms with Crippen LogP contribution in [0.1, 0.15) is 33.3 Å². The van der Waals surface area contributed by atoms with Gasteiger partial charge in [0.05, 0.1) is 6.61 Å². The Balaban J connectivity index is 3.67. The highest BCUT2D eigenvalue weighted by molar-refractivity contribution is 7.90. The molecule has 1 N–H and O–H groups in total. The van der Waals surface area contributed by atoms with E-state index in [9.17, 15) is 31.3 Å². The first kappa shape index (κ1) is 23.6. The zero-order valence-corrected chi connectivity index (χ0v) is 15.8. The molecule has 0 unspecified atom stereocenters. The van der Waals surface area contributed by atoms with Crippen LogP contribution in [0.4, 0.5) is 22.0 Å². The van der Waals surface area contributed by atoms with Crippen LogP contribution in [0, 0.1) is 5.82 Å². The molecule has 1 aromatic rings. The number of rotatable bonds is 8. The summed E-state index contributed by atoms with van der Waals surface area (Å²) in [5.74, 6) is -8.97. The van der Waals surface area contributed by atoms with Crippen LogP contribution in [0.2, 0.25) is 0 Å². The Hall–Kier alpha value is -1.43. The third-order valence-electron chi connectivity index (χ3n) is 3.44. The van der Waals surface area contributed by atoms with Crippen molar-refractivity contribution in [3.63, 3.8) is 0 Å². The standard InChI is InChI=1S/C16H20F5NO4S/c1-5-25-26-13(23)16(20,21)15(12(18)19,22-27(24)14(2,3)4)10-8-6-7-9-11(10)17/h6-9,12,22H,5H2,1-4H3/t15-,27+/m0/s1. The lowest BCUT2D eigenvalue weighted by Crippen LogP contribution is -2.67. The molecular weight excluding hydrogens is 397 g/mol. The molecule has 0 aromatic heterocycles. The van der Waals surface area contributed by atoms with Gasteiger partial charge in [0.1, 0.15) is 10.6 Å². The minimum Gasteiger partial charge on any atom is -0.598 e. The lowest BCUT2D eigenvalue weighted by atomic mass is 9.84. The second kappa shape index (κ2) is 8.72. The average molecular weight is 417 g/mol. The third kappa shape index (κ3) is 4.71. The monoisotopic (exact) mass is 417 g/mol. The molecule has 1 rings (SSSR count). The highest BCUT2D eigenvalue weighted by atomic mass is 32.2. The van der Waals surface area contributed by atoms with Crippen molar-refractivity contribution in [2.45, 2.75) is 50.3 Å². The van der Waals surface area contributed by atoms with Crippen molar-refractivity contribution in [1.29, 1.82) is 0 Å². The predicted molar refractivity (Wildman–Crippen MR) is 87.8 cm³/mol. The lowest BCUT2D eigenvalue weighted by Gasteiger charge is -2.40. The van der Waals surface area contributed by atoms with Gasteiger partial charge in [-0.1, -0.05) is 18.2 Å². The molecule has 0 fully saturated rings. The van der Waals surface area contributed by atoms with E-state index in [-0.39, 0.29) is 6.61 Å². The first-order valence-corrected chi connectivity index (χ1v) is 8.91. The Morgan fingerprint density at radius 3 is 2.26 bits per heavy atom. The van der Waals surface area contributed by atoms with Crippen LogP contribution < -0.4 is 4.72 Å². The molecule has 0 radical (unpaired) electrons. The van der Waals surface area contributed by atoms with E-state index in [0.717, 1.165) is 12.1 Å². The molecule has 0 spiro atoms. The van der Waals surface area contributed by atoms with Gasteiger partial charge in [0.15, 0.2) is 0 Å². The fraction of sp³-hybridized carbons (Fsp3) is 0.562. The predicted octanol–water partition coefficient (Wildman–Crippen LogP) is 3.47. The average Bonchev–Trinajstić information content (AvgIpc) is 2.56. The van der Waals surface area contributed by atoms with E-state index in [0.29, 0.717) is 12.1 Å². The largest absolute Gasteiger partial charge is 0.598 e. The van der Waals surface area contributed by atoms with Crippen molar-refractivity contribution in [3.8, 4) is 0 Å². The van der Waals surface area contributed by atoms with Gasteiger partial charge in [-0.05, 0) is 33.8 Å². The summed E-state index contributed by atoms with van der Waals surface area (Å²) < 4.78 is 84.9. The van der Waals surface area contributed by atoms with Crippen molar-refractivity contribution in [2.75, 3.05) is 6.61 Å². The van der Waals surface area contributed by atoms with Crippen molar-refractivity contribution >= 4 is 17.3 Å². The summed E-state index contributed by atoms with van der Waals surface area (Å²) in [5, 5.41) is 0. The number of hydrogen-bond acceptors (Lipinski definition) is 5. The number of halogens is 5. The van der Waals surface area contributed by atoms with E-state index >= 15 is 0 Å². The Morgan fingerprint density at radius 2 is 1.81 bits per heavy atom. The molecule has 1 aromatic carbocycles. The maximum atomic E-state index is 14.9. The summed E-state index contributed by atoms with van der Waals surface area (Å²) in [6.07, 6.45) is -4.05. The molecule has 0 bridgehead atoms. The van der Waals surface area contributed by atoms with E-state index < -0.39 is 51.3 Å². The molecule has 0 heterocycles. The highest BCUT2D eigenvalue weighted by Crippen LogP contribution is 2.45. The third-order valence-corrected chi connectivity index (χ3v) is 5.06. The fourth-order valence-electron chi connectivity index (χ4n) is 1.99. The number of carbonyl (C=O) groups is 1. The van der Waals surface area contributed by atoms with Gasteiger partial charge in [-0.15, -0.1) is 4.72 Å². The molecule has 11 heteroatoms. The molecule has 154 valence electrons. The molecule has 0 aliphatic carbocycles. The molecule has 0 saturated carbocycles. The lowest BCUT2D eigenvalue weighted by molar-refractivity contribution is -0.296. The first-order chi connectivity index (χ1) is 12.3. The maximum absolute atomic E-state index is 14.9. The topological polar surface area (TPSA) is 70.6 Å². The van der Waals surface area contributed by atoms with Gasteiger partial charge >= 0.3 is 11.9 Å². The number of hydrogen-bond donors (Lipinski definition) is 1. The normalized spacial score (nSPS) is 16.1. The summed E-state index contributed by atoms with van der Waals surface area (Å²) >= 11 is -2.53. The summed E-state index contributed by atoms with van der Waals surface area (Å²) in [6.45, 7) is 4.94. The molecule has 0 amide bonds. The van der Waals surface area contributed by atoms with Crippen LogP contribution in [0.15, 0.2) is 24.3 Å². The second-order valence-corrected chi connectivity index (χ2v) is 8.39. The number of nitrogens with one attached hydrogen (secondary N) is 1. The SMILES string of the molecule is CCOOC(=O)C(F)(F)[C@](N[S@+]([O-])C(C)(C)C)(c1ccccc1F)C(F)F. The Morgan fingerprint density at radius 1 is 1.26 bits per heavy atom. The number of benzene rings is 1. The van der Waals surface area contributed by atoms with Gasteiger partial charge in [-0.3, -0.25) is 4.89 Å². The Labute approximate surface area is 156 Å². The van der Waals surface area contributed by atoms with Gasteiger partial charge < -0.3 is 4.55 Å². The van der Waals surface area contributed by atoms with Crippen LogP contribution in [0.25, 0.3) is 0 Å². The minimum atomic E-state index is -5.04. The zero-order valence-electron chi connectivity index (χ0n) is 15.0. The van der Waals surface area contributed by atoms with E-state index in [4.69, 9.17) is 0 Å². The second-order valence-electron chi connectivity index (χ2n) is 6.42. The smallest absolute Gasteiger partial charge is 0.413 e. The van der Waals surface area contributed by atoms with Crippen LogP contribution in [0.3, 0.4) is 0 Å². The van der Waals surface area contributed by atoms with Crippen molar-refractivity contribution in [3.05, 3.63) is 35.6 Å². The summed E-state index contributed by atoms with van der Waals surface area (Å²) in [7, 11) is 0. The van der Waals surface area contributed by atoms with Crippen LogP contribution in [-0.4, -0.2) is 34.2 Å². The molecule has 0 aliphatic rings. The highest BCUT2D eigenvalue weighted by Gasteiger charge is 2.71. The summed E-state index contributed by atoms with van der Waals surface area (Å²) in [6, 6.07) is 3.43. The molecule has 27 heavy (non-hydrogen) atoms. The van der Waals surface area contributed by atoms with Crippen molar-refractivity contribution in [1.82, 2.24) is 4.72 Å². The van der Waals surface area contributed by atoms with Gasteiger partial charge in [0.25, 0.3) is 6.43 Å². The Bertz CT molecular complexity index is 656. The van der Waals surface area contributed by atoms with Gasteiger partial charge in [-0.2, -0.15) is 13.7 Å². The van der Waals surface area contributed by atoms with E-state index in [2.05, 4.69) is 9.78 Å². The van der Waals surface area contributed by atoms with Crippen molar-refractivity contribution < 1.29 is 41.1 Å². The van der Waals surface area contributed by atoms with E-state index in [1.165, 1.54) is 27.7 Å². The molecule has 2 atom stereocenters. The number of alkyl halides is 4. The van der Waals surface area contributed by atoms with Crippen LogP contribution >= 0.6 is 0 Å². The van der Waals surface area contributed by atoms with Gasteiger partial charge in [0.2, 0.25) is 5.54 Å². The summed E-state index contributed by atoms with van der Waals surface area (Å²) in [4.78, 5) is 19.8.